The van der Waals surface area contributed by atoms with Gasteiger partial charge in [0.15, 0.2) is 0 Å². The Kier molecular flexibility index (Phi) is 2.52. The number of amides is 1. The van der Waals surface area contributed by atoms with Gasteiger partial charge in [0.25, 0.3) is 0 Å². The predicted octanol–water partition coefficient (Wildman–Crippen LogP) is -0.0520. The number of benzene rings is 1. The summed E-state index contributed by atoms with van der Waals surface area (Å²) in [6, 6.07) is 7.30. The highest BCUT2D eigenvalue weighted by Crippen LogP contribution is 2.29. The van der Waals surface area contributed by atoms with Crippen LogP contribution in [0.4, 0.5) is 5.69 Å². The second kappa shape index (κ2) is 4.19. The van der Waals surface area contributed by atoms with E-state index in [-0.39, 0.29) is 17.9 Å². The first-order valence-corrected chi connectivity index (χ1v) is 5.64. The highest BCUT2D eigenvalue weighted by molar-refractivity contribution is 5.94. The summed E-state index contributed by atoms with van der Waals surface area (Å²) in [6.07, 6.45) is 2.28. The van der Waals surface area contributed by atoms with Crippen molar-refractivity contribution in [3.05, 3.63) is 30.6 Å². The highest BCUT2D eigenvalue weighted by Gasteiger charge is 2.39. The minimum atomic E-state index is -0.0378. The minimum absolute atomic E-state index is 0.0160. The molecule has 2 atom stereocenters. The number of nitrogens with zero attached hydrogens (tertiary/aromatic N) is 4. The average Bonchev–Trinajstić information content (AvgIpc) is 2.91. The molecule has 0 radical (unpaired) electrons. The molecule has 7 nitrogen and oxygen atoms in total. The quantitative estimate of drug-likeness (QED) is 0.788. The van der Waals surface area contributed by atoms with Crippen LogP contribution in [0.15, 0.2) is 30.6 Å². The van der Waals surface area contributed by atoms with Crippen LogP contribution >= 0.6 is 0 Å². The summed E-state index contributed by atoms with van der Waals surface area (Å²) in [5.41, 5.74) is 7.20. The van der Waals surface area contributed by atoms with Gasteiger partial charge in [-0.15, -0.1) is 5.10 Å². The van der Waals surface area contributed by atoms with Gasteiger partial charge in [-0.2, -0.15) is 0 Å². The van der Waals surface area contributed by atoms with Crippen molar-refractivity contribution in [2.24, 2.45) is 11.7 Å². The van der Waals surface area contributed by atoms with Crippen molar-refractivity contribution < 1.29 is 4.79 Å². The van der Waals surface area contributed by atoms with Gasteiger partial charge in [-0.3, -0.25) is 4.79 Å². The predicted molar refractivity (Wildman–Crippen MR) is 63.9 cm³/mol. The molecule has 1 fully saturated rings. The first-order chi connectivity index (χ1) is 8.74. The van der Waals surface area contributed by atoms with E-state index in [1.54, 1.807) is 4.68 Å². The molecule has 7 heteroatoms. The van der Waals surface area contributed by atoms with Crippen LogP contribution in [-0.2, 0) is 4.79 Å². The van der Waals surface area contributed by atoms with Gasteiger partial charge in [0.2, 0.25) is 5.91 Å². The van der Waals surface area contributed by atoms with Gasteiger partial charge in [0.05, 0.1) is 11.6 Å². The Labute approximate surface area is 103 Å². The summed E-state index contributed by atoms with van der Waals surface area (Å²) >= 11 is 0. The maximum absolute atomic E-state index is 11.7. The van der Waals surface area contributed by atoms with Gasteiger partial charge in [-0.05, 0) is 41.1 Å². The molecule has 0 spiro atoms. The fraction of sp³-hybridized carbons (Fsp3) is 0.273. The Morgan fingerprint density at radius 3 is 2.67 bits per heavy atom. The van der Waals surface area contributed by atoms with Gasteiger partial charge < -0.3 is 11.1 Å². The number of hydrogen-bond acceptors (Lipinski definition) is 5. The smallest absolute Gasteiger partial charge is 0.229 e. The molecule has 1 aromatic carbocycles. The van der Waals surface area contributed by atoms with Crippen LogP contribution in [0.25, 0.3) is 5.69 Å². The Bertz CT molecular complexity index is 549. The standard InChI is InChI=1S/C11H12N6O/c12-10-5-9(10)11(18)14-7-1-3-8(4-2-7)17-6-13-15-16-17/h1-4,6,9-10H,5,12H2,(H,14,18). The van der Waals surface area contributed by atoms with Gasteiger partial charge >= 0.3 is 0 Å². The number of carbonyl (C=O) groups is 1. The van der Waals surface area contributed by atoms with E-state index in [2.05, 4.69) is 20.8 Å². The molecule has 0 bridgehead atoms. The summed E-state index contributed by atoms with van der Waals surface area (Å²) in [5, 5.41) is 13.7. The van der Waals surface area contributed by atoms with Crippen molar-refractivity contribution in [2.45, 2.75) is 12.5 Å². The zero-order valence-corrected chi connectivity index (χ0v) is 9.52. The van der Waals surface area contributed by atoms with E-state index >= 15 is 0 Å². The van der Waals surface area contributed by atoms with Crippen LogP contribution in [-0.4, -0.2) is 32.2 Å². The first-order valence-electron chi connectivity index (χ1n) is 5.64. The Morgan fingerprint density at radius 1 is 1.39 bits per heavy atom. The van der Waals surface area contributed by atoms with Crippen molar-refractivity contribution in [3.63, 3.8) is 0 Å². The van der Waals surface area contributed by atoms with Gasteiger partial charge in [-0.25, -0.2) is 4.68 Å². The lowest BCUT2D eigenvalue weighted by atomic mass is 10.2. The van der Waals surface area contributed by atoms with Crippen LogP contribution in [0.3, 0.4) is 0 Å². The molecule has 0 saturated heterocycles. The molecule has 1 amide bonds. The maximum atomic E-state index is 11.7. The second-order valence-corrected chi connectivity index (χ2v) is 4.30. The lowest BCUT2D eigenvalue weighted by Gasteiger charge is -2.05. The monoisotopic (exact) mass is 244 g/mol. The molecule has 1 aliphatic carbocycles. The third-order valence-corrected chi connectivity index (χ3v) is 2.92. The maximum Gasteiger partial charge on any atom is 0.229 e. The van der Waals surface area contributed by atoms with Gasteiger partial charge in [-0.1, -0.05) is 0 Å². The number of rotatable bonds is 3. The molecule has 18 heavy (non-hydrogen) atoms. The minimum Gasteiger partial charge on any atom is -0.327 e. The second-order valence-electron chi connectivity index (χ2n) is 4.30. The highest BCUT2D eigenvalue weighted by atomic mass is 16.2. The zero-order chi connectivity index (χ0) is 12.5. The van der Waals surface area contributed by atoms with Crippen LogP contribution in [0.5, 0.6) is 0 Å². The van der Waals surface area contributed by atoms with E-state index in [0.717, 1.165) is 17.8 Å². The number of carbonyl (C=O) groups excluding carboxylic acids is 1. The molecule has 3 N–H and O–H groups in total. The number of nitrogens with two attached hydrogens (primary N) is 1. The van der Waals surface area contributed by atoms with Crippen LogP contribution in [0.2, 0.25) is 0 Å². The normalized spacial score (nSPS) is 21.6. The van der Waals surface area contributed by atoms with Gasteiger partial charge in [0, 0.05) is 11.7 Å². The third-order valence-electron chi connectivity index (χ3n) is 2.92. The molecular weight excluding hydrogens is 232 g/mol. The fourth-order valence-corrected chi connectivity index (χ4v) is 1.73. The Hall–Kier alpha value is -2.28. The Balaban J connectivity index is 1.69. The number of hydrogen-bond donors (Lipinski definition) is 2. The summed E-state index contributed by atoms with van der Waals surface area (Å²) < 4.78 is 1.54. The van der Waals surface area contributed by atoms with E-state index < -0.39 is 0 Å². The molecule has 92 valence electrons. The molecule has 0 aliphatic heterocycles. The van der Waals surface area contributed by atoms with Crippen molar-refractivity contribution in [2.75, 3.05) is 5.32 Å². The molecule has 1 aliphatic rings. The van der Waals surface area contributed by atoms with Crippen molar-refractivity contribution >= 4 is 11.6 Å². The van der Waals surface area contributed by atoms with E-state index in [0.29, 0.717) is 0 Å². The fourth-order valence-electron chi connectivity index (χ4n) is 1.73. The molecule has 3 rings (SSSR count). The average molecular weight is 244 g/mol. The van der Waals surface area contributed by atoms with Crippen LogP contribution in [0.1, 0.15) is 6.42 Å². The lowest BCUT2D eigenvalue weighted by Crippen LogP contribution is -2.18. The van der Waals surface area contributed by atoms with E-state index in [1.807, 2.05) is 24.3 Å². The van der Waals surface area contributed by atoms with Gasteiger partial charge in [0.1, 0.15) is 6.33 Å². The zero-order valence-electron chi connectivity index (χ0n) is 9.52. The van der Waals surface area contributed by atoms with Crippen molar-refractivity contribution in [3.8, 4) is 5.69 Å². The number of tetrazole rings is 1. The summed E-state index contributed by atoms with van der Waals surface area (Å²) in [7, 11) is 0. The molecule has 1 heterocycles. The Morgan fingerprint density at radius 2 is 2.11 bits per heavy atom. The topological polar surface area (TPSA) is 98.7 Å². The van der Waals surface area contributed by atoms with Crippen molar-refractivity contribution in [1.82, 2.24) is 20.2 Å². The summed E-state index contributed by atoms with van der Waals surface area (Å²) in [4.78, 5) is 11.7. The molecular formula is C11H12N6O. The largest absolute Gasteiger partial charge is 0.327 e. The lowest BCUT2D eigenvalue weighted by molar-refractivity contribution is -0.117. The SMILES string of the molecule is NC1CC1C(=O)Nc1ccc(-n2cnnn2)cc1. The molecule has 1 aromatic heterocycles. The summed E-state index contributed by atoms with van der Waals surface area (Å²) in [6.45, 7) is 0. The number of aromatic nitrogens is 4. The van der Waals surface area contributed by atoms with Crippen molar-refractivity contribution in [1.29, 1.82) is 0 Å². The third kappa shape index (κ3) is 2.07. The first kappa shape index (κ1) is 10.8. The molecule has 2 unspecified atom stereocenters. The molecule has 2 aromatic rings. The number of anilines is 1. The van der Waals surface area contributed by atoms with Crippen LogP contribution in [0, 0.1) is 5.92 Å². The van der Waals surface area contributed by atoms with E-state index in [1.165, 1.54) is 6.33 Å². The van der Waals surface area contributed by atoms with E-state index in [4.69, 9.17) is 5.73 Å². The van der Waals surface area contributed by atoms with Crippen LogP contribution < -0.4 is 11.1 Å². The molecule has 1 saturated carbocycles. The van der Waals surface area contributed by atoms with E-state index in [9.17, 15) is 4.79 Å². The number of nitrogens with one attached hydrogen (secondary N) is 1. The summed E-state index contributed by atoms with van der Waals surface area (Å²) in [5.74, 6) is -0.0538.